The first-order chi connectivity index (χ1) is 7.20. The van der Waals surface area contributed by atoms with Gasteiger partial charge in [-0.1, -0.05) is 0 Å². The maximum Gasteiger partial charge on any atom is 0.227 e. The minimum Gasteiger partial charge on any atom is -0.330 e. The van der Waals surface area contributed by atoms with E-state index in [-0.39, 0.29) is 11.8 Å². The lowest BCUT2D eigenvalue weighted by Crippen LogP contribution is -2.25. The number of nitrogens with zero attached hydrogens (tertiary/aromatic N) is 2. The van der Waals surface area contributed by atoms with Crippen LogP contribution in [0.5, 0.6) is 0 Å². The Morgan fingerprint density at radius 1 is 1.67 bits per heavy atom. The van der Waals surface area contributed by atoms with Gasteiger partial charge in [-0.05, 0) is 40.5 Å². The number of rotatable bonds is 2. The van der Waals surface area contributed by atoms with Gasteiger partial charge in [-0.3, -0.25) is 4.79 Å². The second-order valence-electron chi connectivity index (χ2n) is 3.65. The van der Waals surface area contributed by atoms with Crippen LogP contribution in [0.3, 0.4) is 0 Å². The molecule has 1 fully saturated rings. The topological polar surface area (TPSA) is 59.2 Å². The third-order valence-electron chi connectivity index (χ3n) is 2.56. The largest absolute Gasteiger partial charge is 0.330 e. The van der Waals surface area contributed by atoms with Crippen LogP contribution in [0.4, 0.5) is 5.69 Å². The van der Waals surface area contributed by atoms with Gasteiger partial charge < -0.3 is 10.6 Å². The molecule has 2 N–H and O–H groups in total. The van der Waals surface area contributed by atoms with Crippen molar-refractivity contribution in [3.05, 3.63) is 22.9 Å². The summed E-state index contributed by atoms with van der Waals surface area (Å²) < 4.78 is 0.740. The van der Waals surface area contributed by atoms with Crippen molar-refractivity contribution in [1.29, 1.82) is 0 Å². The van der Waals surface area contributed by atoms with Gasteiger partial charge in [0.05, 0.1) is 0 Å². The molecule has 1 unspecified atom stereocenters. The van der Waals surface area contributed by atoms with Crippen molar-refractivity contribution in [2.24, 2.45) is 11.7 Å². The lowest BCUT2D eigenvalue weighted by atomic mass is 10.1. The van der Waals surface area contributed by atoms with Crippen LogP contribution in [0.1, 0.15) is 6.42 Å². The van der Waals surface area contributed by atoms with Crippen LogP contribution in [-0.4, -0.2) is 24.0 Å². The van der Waals surface area contributed by atoms with E-state index in [0.29, 0.717) is 19.5 Å². The van der Waals surface area contributed by atoms with E-state index in [4.69, 9.17) is 5.73 Å². The lowest BCUT2D eigenvalue weighted by molar-refractivity contribution is -0.117. The Morgan fingerprint density at radius 2 is 2.47 bits per heavy atom. The number of anilines is 1. The summed E-state index contributed by atoms with van der Waals surface area (Å²) in [5, 5.41) is 0. The van der Waals surface area contributed by atoms with E-state index in [1.54, 1.807) is 11.1 Å². The van der Waals surface area contributed by atoms with Crippen LogP contribution in [0.2, 0.25) is 0 Å². The molecular formula is C10H12BrN3O. The quantitative estimate of drug-likeness (QED) is 0.820. The van der Waals surface area contributed by atoms with E-state index in [2.05, 4.69) is 20.9 Å². The molecule has 1 saturated heterocycles. The van der Waals surface area contributed by atoms with Crippen LogP contribution in [0.15, 0.2) is 22.9 Å². The highest BCUT2D eigenvalue weighted by atomic mass is 79.9. The van der Waals surface area contributed by atoms with Crippen LogP contribution in [-0.2, 0) is 4.79 Å². The monoisotopic (exact) mass is 269 g/mol. The molecule has 1 aromatic heterocycles. The highest BCUT2D eigenvalue weighted by Gasteiger charge is 2.29. The highest BCUT2D eigenvalue weighted by molar-refractivity contribution is 9.10. The standard InChI is InChI=1S/C10H12BrN3O/c11-9-4-8(1-2-13-9)14-6-7(5-12)3-10(14)15/h1-2,4,7H,3,5-6,12H2. The van der Waals surface area contributed by atoms with Crippen molar-refractivity contribution >= 4 is 27.5 Å². The molecule has 1 atom stereocenters. The summed E-state index contributed by atoms with van der Waals surface area (Å²) in [5.74, 6) is 0.424. The van der Waals surface area contributed by atoms with Crippen LogP contribution in [0.25, 0.3) is 0 Å². The second-order valence-corrected chi connectivity index (χ2v) is 4.46. The fourth-order valence-corrected chi connectivity index (χ4v) is 2.10. The lowest BCUT2D eigenvalue weighted by Gasteiger charge is -2.16. The molecule has 0 aliphatic carbocycles. The third-order valence-corrected chi connectivity index (χ3v) is 2.99. The zero-order valence-electron chi connectivity index (χ0n) is 8.19. The molecule has 4 nitrogen and oxygen atoms in total. The van der Waals surface area contributed by atoms with Gasteiger partial charge in [0.25, 0.3) is 0 Å². The molecule has 0 aromatic carbocycles. The average molecular weight is 270 g/mol. The van der Waals surface area contributed by atoms with Crippen LogP contribution < -0.4 is 10.6 Å². The molecular weight excluding hydrogens is 258 g/mol. The molecule has 1 aliphatic rings. The number of amides is 1. The number of aromatic nitrogens is 1. The average Bonchev–Trinajstić information content (AvgIpc) is 2.60. The summed E-state index contributed by atoms with van der Waals surface area (Å²) in [6, 6.07) is 3.68. The van der Waals surface area contributed by atoms with Gasteiger partial charge in [0.15, 0.2) is 0 Å². The molecule has 0 radical (unpaired) electrons. The molecule has 0 saturated carbocycles. The normalized spacial score (nSPS) is 21.1. The molecule has 2 rings (SSSR count). The number of hydrogen-bond donors (Lipinski definition) is 1. The molecule has 0 bridgehead atoms. The summed E-state index contributed by atoms with van der Waals surface area (Å²) in [6.45, 7) is 1.28. The van der Waals surface area contributed by atoms with Crippen LogP contribution >= 0.6 is 15.9 Å². The Bertz CT molecular complexity index is 383. The Hall–Kier alpha value is -0.940. The number of hydrogen-bond acceptors (Lipinski definition) is 3. The first kappa shape index (κ1) is 10.6. The zero-order chi connectivity index (χ0) is 10.8. The molecule has 80 valence electrons. The van der Waals surface area contributed by atoms with E-state index in [0.717, 1.165) is 10.3 Å². The molecule has 2 heterocycles. The van der Waals surface area contributed by atoms with Crippen molar-refractivity contribution in [3.8, 4) is 0 Å². The number of nitrogens with two attached hydrogens (primary N) is 1. The van der Waals surface area contributed by atoms with Gasteiger partial charge in [0.1, 0.15) is 4.60 Å². The zero-order valence-corrected chi connectivity index (χ0v) is 9.77. The first-order valence-corrected chi connectivity index (χ1v) is 5.62. The molecule has 1 aromatic rings. The van der Waals surface area contributed by atoms with Gasteiger partial charge in [0, 0.05) is 24.8 Å². The summed E-state index contributed by atoms with van der Waals surface area (Å²) in [4.78, 5) is 17.5. The van der Waals surface area contributed by atoms with Crippen molar-refractivity contribution in [2.75, 3.05) is 18.0 Å². The van der Waals surface area contributed by atoms with Crippen LogP contribution in [0, 0.1) is 5.92 Å². The Labute approximate surface area is 96.6 Å². The van der Waals surface area contributed by atoms with Crippen molar-refractivity contribution < 1.29 is 4.79 Å². The maximum atomic E-state index is 11.7. The summed E-state index contributed by atoms with van der Waals surface area (Å²) >= 11 is 3.29. The molecule has 15 heavy (non-hydrogen) atoms. The van der Waals surface area contributed by atoms with E-state index in [1.807, 2.05) is 12.1 Å². The van der Waals surface area contributed by atoms with Gasteiger partial charge >= 0.3 is 0 Å². The third kappa shape index (κ3) is 2.18. The fraction of sp³-hybridized carbons (Fsp3) is 0.400. The number of pyridine rings is 1. The fourth-order valence-electron chi connectivity index (χ4n) is 1.75. The number of carbonyl (C=O) groups excluding carboxylic acids is 1. The Balaban J connectivity index is 2.21. The SMILES string of the molecule is NCC1CC(=O)N(c2ccnc(Br)c2)C1. The maximum absolute atomic E-state index is 11.7. The minimum atomic E-state index is 0.142. The summed E-state index contributed by atoms with van der Waals surface area (Å²) in [7, 11) is 0. The Morgan fingerprint density at radius 3 is 3.07 bits per heavy atom. The molecule has 1 amide bonds. The number of carbonyl (C=O) groups is 1. The van der Waals surface area contributed by atoms with E-state index in [1.165, 1.54) is 0 Å². The predicted molar refractivity (Wildman–Crippen MR) is 61.5 cm³/mol. The van der Waals surface area contributed by atoms with E-state index in [9.17, 15) is 4.79 Å². The van der Waals surface area contributed by atoms with E-state index >= 15 is 0 Å². The smallest absolute Gasteiger partial charge is 0.227 e. The second kappa shape index (κ2) is 4.28. The van der Waals surface area contributed by atoms with Crippen molar-refractivity contribution in [2.45, 2.75) is 6.42 Å². The number of halogens is 1. The highest BCUT2D eigenvalue weighted by Crippen LogP contribution is 2.25. The van der Waals surface area contributed by atoms with Gasteiger partial charge in [0.2, 0.25) is 5.91 Å². The van der Waals surface area contributed by atoms with E-state index < -0.39 is 0 Å². The summed E-state index contributed by atoms with van der Waals surface area (Å²) in [5.41, 5.74) is 6.45. The van der Waals surface area contributed by atoms with Gasteiger partial charge in [-0.15, -0.1) is 0 Å². The first-order valence-electron chi connectivity index (χ1n) is 4.82. The van der Waals surface area contributed by atoms with Crippen molar-refractivity contribution in [3.63, 3.8) is 0 Å². The summed E-state index contributed by atoms with van der Waals surface area (Å²) in [6.07, 6.45) is 2.24. The molecule has 1 aliphatic heterocycles. The minimum absolute atomic E-state index is 0.142. The Kier molecular flexibility index (Phi) is 3.02. The predicted octanol–water partition coefficient (Wildman–Crippen LogP) is 1.16. The molecule has 0 spiro atoms. The van der Waals surface area contributed by atoms with Crippen molar-refractivity contribution in [1.82, 2.24) is 4.98 Å². The van der Waals surface area contributed by atoms with Gasteiger partial charge in [-0.2, -0.15) is 0 Å². The molecule has 5 heteroatoms. The van der Waals surface area contributed by atoms with Gasteiger partial charge in [-0.25, -0.2) is 4.98 Å².